The van der Waals surface area contributed by atoms with Gasteiger partial charge in [0.1, 0.15) is 5.75 Å². The van der Waals surface area contributed by atoms with Gasteiger partial charge in [-0.15, -0.1) is 0 Å². The Morgan fingerprint density at radius 1 is 1.00 bits per heavy atom. The maximum atomic E-state index is 13.2. The summed E-state index contributed by atoms with van der Waals surface area (Å²) < 4.78 is 4.82. The lowest BCUT2D eigenvalue weighted by Crippen LogP contribution is -2.47. The van der Waals surface area contributed by atoms with Crippen molar-refractivity contribution in [1.29, 1.82) is 0 Å². The van der Waals surface area contributed by atoms with Gasteiger partial charge in [-0.1, -0.05) is 42.5 Å². The van der Waals surface area contributed by atoms with E-state index < -0.39 is 29.9 Å². The van der Waals surface area contributed by atoms with Crippen molar-refractivity contribution < 1.29 is 29.0 Å². The Hall–Kier alpha value is -3.92. The second-order valence-corrected chi connectivity index (χ2v) is 9.98. The molecule has 1 fully saturated rings. The summed E-state index contributed by atoms with van der Waals surface area (Å²) in [5, 5.41) is 18.2. The minimum Gasteiger partial charge on any atom is -0.508 e. The number of carbonyl (C=O) groups excluding carboxylic acids is 4. The molecule has 0 spiro atoms. The van der Waals surface area contributed by atoms with Gasteiger partial charge in [0.15, 0.2) is 0 Å². The van der Waals surface area contributed by atoms with Gasteiger partial charge in [-0.25, -0.2) is 0 Å². The van der Waals surface area contributed by atoms with Gasteiger partial charge >= 0.3 is 5.97 Å². The van der Waals surface area contributed by atoms with Crippen LogP contribution in [0.5, 0.6) is 5.75 Å². The summed E-state index contributed by atoms with van der Waals surface area (Å²) in [4.78, 5) is 50.7. The first-order valence-corrected chi connectivity index (χ1v) is 13.2. The van der Waals surface area contributed by atoms with Crippen molar-refractivity contribution in [3.05, 3.63) is 65.7 Å². The maximum Gasteiger partial charge on any atom is 0.307 e. The van der Waals surface area contributed by atoms with E-state index in [0.29, 0.717) is 19.3 Å². The van der Waals surface area contributed by atoms with E-state index in [1.807, 2.05) is 30.3 Å². The van der Waals surface area contributed by atoms with Crippen LogP contribution in [0.3, 0.4) is 0 Å². The highest BCUT2D eigenvalue weighted by molar-refractivity contribution is 5.84. The molecule has 210 valence electrons. The Kier molecular flexibility index (Phi) is 11.3. The lowest BCUT2D eigenvalue weighted by Gasteiger charge is -2.23. The third-order valence-electron chi connectivity index (χ3n) is 6.88. The summed E-state index contributed by atoms with van der Waals surface area (Å²) in [6.45, 7) is -0.000384. The number of esters is 1. The highest BCUT2D eigenvalue weighted by atomic mass is 16.5. The highest BCUT2D eigenvalue weighted by Gasteiger charge is 2.28. The molecule has 4 atom stereocenters. The van der Waals surface area contributed by atoms with Crippen molar-refractivity contribution >= 4 is 23.7 Å². The standard InChI is InChI=1S/C29H38N4O6/c1-39-27(36)17-23-11-10-22(15-19-5-3-2-4-6-19)32-26(35)14-9-21(28(37)33-23)18-31-29(38)25(30)16-20-7-12-24(34)13-8-20/h2-8,12-13,21-23,25,34H,9-11,14-18,30H2,1H3,(H,31,38)(H,32,35)(H,33,37)/t21?,22-,23+,25+/m1/s1. The van der Waals surface area contributed by atoms with Gasteiger partial charge in [-0.3, -0.25) is 19.2 Å². The monoisotopic (exact) mass is 538 g/mol. The fourth-order valence-electron chi connectivity index (χ4n) is 4.62. The quantitative estimate of drug-likeness (QED) is 0.301. The molecule has 2 aromatic carbocycles. The fourth-order valence-corrected chi connectivity index (χ4v) is 4.62. The van der Waals surface area contributed by atoms with E-state index in [0.717, 1.165) is 11.1 Å². The van der Waals surface area contributed by atoms with Crippen LogP contribution in [0.25, 0.3) is 0 Å². The first-order chi connectivity index (χ1) is 18.7. The normalized spacial score (nSPS) is 21.0. The van der Waals surface area contributed by atoms with E-state index in [4.69, 9.17) is 10.5 Å². The zero-order valence-corrected chi connectivity index (χ0v) is 22.2. The fraction of sp³-hybridized carbons (Fsp3) is 0.448. The first-order valence-electron chi connectivity index (χ1n) is 13.2. The number of aromatic hydroxyl groups is 1. The minimum atomic E-state index is -0.852. The smallest absolute Gasteiger partial charge is 0.307 e. The number of benzene rings is 2. The lowest BCUT2D eigenvalue weighted by atomic mass is 9.97. The lowest BCUT2D eigenvalue weighted by molar-refractivity contribution is -0.141. The molecule has 1 aliphatic rings. The molecule has 10 heteroatoms. The molecule has 1 unspecified atom stereocenters. The molecule has 0 aromatic heterocycles. The van der Waals surface area contributed by atoms with Gasteiger partial charge < -0.3 is 31.5 Å². The van der Waals surface area contributed by atoms with Crippen LogP contribution in [0.1, 0.15) is 43.2 Å². The van der Waals surface area contributed by atoms with Crippen LogP contribution in [0.4, 0.5) is 0 Å². The average Bonchev–Trinajstić information content (AvgIpc) is 2.94. The van der Waals surface area contributed by atoms with E-state index >= 15 is 0 Å². The Bertz CT molecular complexity index is 1110. The largest absolute Gasteiger partial charge is 0.508 e. The predicted octanol–water partition coefficient (Wildman–Crippen LogP) is 1.34. The second-order valence-electron chi connectivity index (χ2n) is 9.98. The summed E-state index contributed by atoms with van der Waals surface area (Å²) in [6.07, 6.45) is 2.25. The van der Waals surface area contributed by atoms with E-state index in [2.05, 4.69) is 16.0 Å². The zero-order chi connectivity index (χ0) is 28.2. The van der Waals surface area contributed by atoms with Crippen LogP contribution in [-0.4, -0.2) is 60.6 Å². The molecule has 0 saturated carbocycles. The molecular formula is C29H38N4O6. The van der Waals surface area contributed by atoms with Crippen molar-refractivity contribution in [3.63, 3.8) is 0 Å². The number of nitrogens with two attached hydrogens (primary N) is 1. The molecule has 3 rings (SSSR count). The van der Waals surface area contributed by atoms with E-state index in [1.165, 1.54) is 19.2 Å². The van der Waals surface area contributed by atoms with Crippen LogP contribution in [0, 0.1) is 5.92 Å². The predicted molar refractivity (Wildman–Crippen MR) is 145 cm³/mol. The Balaban J connectivity index is 1.66. The molecule has 0 bridgehead atoms. The molecule has 0 radical (unpaired) electrons. The Labute approximate surface area is 228 Å². The first kappa shape index (κ1) is 29.6. The number of carbonyl (C=O) groups is 4. The number of amides is 3. The van der Waals surface area contributed by atoms with Gasteiger partial charge in [-0.2, -0.15) is 0 Å². The Morgan fingerprint density at radius 2 is 1.69 bits per heavy atom. The minimum absolute atomic E-state index is 0.000384. The van der Waals surface area contributed by atoms with Crippen LogP contribution < -0.4 is 21.7 Å². The summed E-state index contributed by atoms with van der Waals surface area (Å²) in [5.41, 5.74) is 7.93. The molecule has 0 aliphatic carbocycles. The molecule has 1 aliphatic heterocycles. The molecular weight excluding hydrogens is 500 g/mol. The number of rotatable bonds is 9. The van der Waals surface area contributed by atoms with Crippen molar-refractivity contribution in [2.45, 2.75) is 63.1 Å². The van der Waals surface area contributed by atoms with Gasteiger partial charge in [0.05, 0.1) is 25.5 Å². The molecule has 39 heavy (non-hydrogen) atoms. The number of nitrogens with one attached hydrogen (secondary N) is 3. The zero-order valence-electron chi connectivity index (χ0n) is 22.2. The van der Waals surface area contributed by atoms with Crippen molar-refractivity contribution in [1.82, 2.24) is 16.0 Å². The average molecular weight is 539 g/mol. The maximum absolute atomic E-state index is 13.2. The number of ether oxygens (including phenoxy) is 1. The third-order valence-corrected chi connectivity index (χ3v) is 6.88. The van der Waals surface area contributed by atoms with Gasteiger partial charge in [0.2, 0.25) is 17.7 Å². The van der Waals surface area contributed by atoms with Crippen LogP contribution in [0.15, 0.2) is 54.6 Å². The molecule has 1 heterocycles. The molecule has 1 saturated heterocycles. The Morgan fingerprint density at radius 3 is 2.38 bits per heavy atom. The number of methoxy groups -OCH3 is 1. The second kappa shape index (κ2) is 14.9. The van der Waals surface area contributed by atoms with E-state index in [1.54, 1.807) is 12.1 Å². The van der Waals surface area contributed by atoms with Crippen molar-refractivity contribution in [3.8, 4) is 5.75 Å². The van der Waals surface area contributed by atoms with Gasteiger partial charge in [-0.05, 0) is 55.4 Å². The number of phenols is 1. The number of phenolic OH excluding ortho intramolecular Hbond substituents is 1. The summed E-state index contributed by atoms with van der Waals surface area (Å²) >= 11 is 0. The highest BCUT2D eigenvalue weighted by Crippen LogP contribution is 2.16. The van der Waals surface area contributed by atoms with Crippen LogP contribution in [0.2, 0.25) is 0 Å². The van der Waals surface area contributed by atoms with E-state index in [9.17, 15) is 24.3 Å². The third kappa shape index (κ3) is 10.0. The van der Waals surface area contributed by atoms with Crippen molar-refractivity contribution in [2.24, 2.45) is 11.7 Å². The van der Waals surface area contributed by atoms with Crippen LogP contribution >= 0.6 is 0 Å². The molecule has 2 aromatic rings. The summed E-state index contributed by atoms with van der Waals surface area (Å²) in [7, 11) is 1.30. The summed E-state index contributed by atoms with van der Waals surface area (Å²) in [6, 6.07) is 14.7. The van der Waals surface area contributed by atoms with Gasteiger partial charge in [0.25, 0.3) is 0 Å². The molecule has 10 nitrogen and oxygen atoms in total. The topological polar surface area (TPSA) is 160 Å². The number of hydrogen-bond donors (Lipinski definition) is 5. The molecule has 3 amide bonds. The molecule has 6 N–H and O–H groups in total. The SMILES string of the molecule is COC(=O)C[C@@H]1CC[C@H](Cc2ccccc2)NC(=O)CCC(CNC(=O)[C@@H](N)Cc2ccc(O)cc2)C(=O)N1. The van der Waals surface area contributed by atoms with Crippen LogP contribution in [-0.2, 0) is 36.8 Å². The number of hydrogen-bond acceptors (Lipinski definition) is 7. The summed E-state index contributed by atoms with van der Waals surface area (Å²) in [5.74, 6) is -1.95. The van der Waals surface area contributed by atoms with Crippen molar-refractivity contribution in [2.75, 3.05) is 13.7 Å². The van der Waals surface area contributed by atoms with Gasteiger partial charge in [0, 0.05) is 25.0 Å². The van der Waals surface area contributed by atoms with E-state index in [-0.39, 0.29) is 55.8 Å².